The number of amides is 1. The van der Waals surface area contributed by atoms with E-state index in [4.69, 9.17) is 4.74 Å². The molecule has 1 aliphatic heterocycles. The van der Waals surface area contributed by atoms with Crippen LogP contribution in [0, 0.1) is 23.6 Å². The summed E-state index contributed by atoms with van der Waals surface area (Å²) < 4.78 is 31.7. The second-order valence-electron chi connectivity index (χ2n) is 6.54. The molecule has 1 saturated heterocycles. The molecule has 1 N–H and O–H groups in total. The van der Waals surface area contributed by atoms with E-state index in [1.807, 2.05) is 6.07 Å². The number of carbonyl (C=O) groups is 1. The zero-order valence-electron chi connectivity index (χ0n) is 13.8. The van der Waals surface area contributed by atoms with Crippen LogP contribution in [-0.4, -0.2) is 17.2 Å². The Morgan fingerprint density at radius 3 is 2.81 bits per heavy atom. The van der Waals surface area contributed by atoms with Crippen LogP contribution in [0.25, 0.3) is 0 Å². The number of ether oxygens (including phenoxy) is 1. The van der Waals surface area contributed by atoms with Crippen molar-refractivity contribution in [3.63, 3.8) is 0 Å². The van der Waals surface area contributed by atoms with Crippen molar-refractivity contribution in [3.05, 3.63) is 65.2 Å². The Hall–Kier alpha value is -2.94. The van der Waals surface area contributed by atoms with E-state index in [0.717, 1.165) is 0 Å². The van der Waals surface area contributed by atoms with E-state index in [2.05, 4.69) is 22.1 Å². The number of nitrogens with zero attached hydrogens (tertiary/aromatic N) is 1. The number of hydrogen-bond donors (Lipinski definition) is 1. The first-order chi connectivity index (χ1) is 12.6. The van der Waals surface area contributed by atoms with Crippen molar-refractivity contribution in [1.82, 2.24) is 10.3 Å². The number of cyclic esters (lactones) is 1. The molecule has 1 aliphatic carbocycles. The van der Waals surface area contributed by atoms with Gasteiger partial charge in [0, 0.05) is 23.9 Å². The first-order valence-corrected chi connectivity index (χ1v) is 8.41. The van der Waals surface area contributed by atoms with Gasteiger partial charge in [-0.3, -0.25) is 4.98 Å². The highest BCUT2D eigenvalue weighted by molar-refractivity contribution is 5.71. The normalized spacial score (nSPS) is 26.9. The van der Waals surface area contributed by atoms with Crippen LogP contribution < -0.4 is 5.32 Å². The fourth-order valence-electron chi connectivity index (χ4n) is 3.17. The van der Waals surface area contributed by atoms with Crippen molar-refractivity contribution >= 4 is 6.09 Å². The highest BCUT2D eigenvalue weighted by Gasteiger charge is 2.36. The van der Waals surface area contributed by atoms with Gasteiger partial charge in [0.2, 0.25) is 0 Å². The zero-order valence-corrected chi connectivity index (χ0v) is 13.8. The number of benzene rings is 1. The average Bonchev–Trinajstić information content (AvgIpc) is 3.00. The van der Waals surface area contributed by atoms with Crippen LogP contribution in [0.3, 0.4) is 0 Å². The third-order valence-corrected chi connectivity index (χ3v) is 4.61. The Bertz CT molecular complexity index is 900. The predicted octanol–water partition coefficient (Wildman–Crippen LogP) is 3.84. The molecule has 4 nitrogen and oxygen atoms in total. The molecule has 2 atom stereocenters. The lowest BCUT2D eigenvalue weighted by molar-refractivity contribution is 0.132. The third kappa shape index (κ3) is 3.38. The van der Waals surface area contributed by atoms with E-state index in [1.54, 1.807) is 24.5 Å². The summed E-state index contributed by atoms with van der Waals surface area (Å²) in [6, 6.07) is 7.30. The summed E-state index contributed by atoms with van der Waals surface area (Å²) >= 11 is 0. The Morgan fingerprint density at radius 1 is 1.19 bits per heavy atom. The number of alkyl halides is 1. The van der Waals surface area contributed by atoms with Gasteiger partial charge >= 0.3 is 6.09 Å². The topological polar surface area (TPSA) is 51.2 Å². The van der Waals surface area contributed by atoms with Crippen molar-refractivity contribution in [2.75, 3.05) is 0 Å². The van der Waals surface area contributed by atoms with E-state index in [-0.39, 0.29) is 5.92 Å². The van der Waals surface area contributed by atoms with Gasteiger partial charge in [0.25, 0.3) is 0 Å². The second kappa shape index (κ2) is 6.75. The lowest BCUT2D eigenvalue weighted by atomic mass is 9.84. The van der Waals surface area contributed by atoms with Crippen molar-refractivity contribution in [3.8, 4) is 11.8 Å². The van der Waals surface area contributed by atoms with Gasteiger partial charge in [-0.2, -0.15) is 0 Å². The van der Waals surface area contributed by atoms with E-state index >= 15 is 0 Å². The highest BCUT2D eigenvalue weighted by Crippen LogP contribution is 2.36. The lowest BCUT2D eigenvalue weighted by Crippen LogP contribution is -2.23. The number of aromatic nitrogens is 1. The van der Waals surface area contributed by atoms with Crippen LogP contribution in [0.15, 0.2) is 42.7 Å². The molecule has 0 bridgehead atoms. The van der Waals surface area contributed by atoms with E-state index < -0.39 is 30.2 Å². The third-order valence-electron chi connectivity index (χ3n) is 4.61. The molecule has 132 valence electrons. The average molecular weight is 354 g/mol. The van der Waals surface area contributed by atoms with E-state index in [1.165, 1.54) is 12.1 Å². The monoisotopic (exact) mass is 354 g/mol. The molecule has 2 aromatic rings. The maximum Gasteiger partial charge on any atom is 0.408 e. The molecule has 4 rings (SSSR count). The van der Waals surface area contributed by atoms with Crippen molar-refractivity contribution in [2.45, 2.75) is 31.2 Å². The van der Waals surface area contributed by atoms with Gasteiger partial charge in [0.15, 0.2) is 6.10 Å². The Kier molecular flexibility index (Phi) is 4.29. The molecule has 26 heavy (non-hydrogen) atoms. The number of pyridine rings is 1. The maximum absolute atomic E-state index is 13.5. The van der Waals surface area contributed by atoms with Crippen LogP contribution in [0.4, 0.5) is 13.6 Å². The number of nitrogens with one attached hydrogen (secondary N) is 1. The quantitative estimate of drug-likeness (QED) is 0.834. The fourth-order valence-corrected chi connectivity index (χ4v) is 3.17. The van der Waals surface area contributed by atoms with Crippen LogP contribution in [0.2, 0.25) is 0 Å². The highest BCUT2D eigenvalue weighted by atomic mass is 19.1. The molecular formula is C20H16F2N2O2. The molecule has 0 spiro atoms. The van der Waals surface area contributed by atoms with Gasteiger partial charge in [-0.15, -0.1) is 0 Å². The molecule has 2 fully saturated rings. The molecule has 0 unspecified atom stereocenters. The van der Waals surface area contributed by atoms with Crippen molar-refractivity contribution in [2.24, 2.45) is 5.92 Å². The first-order valence-electron chi connectivity index (χ1n) is 8.41. The van der Waals surface area contributed by atoms with E-state index in [0.29, 0.717) is 29.5 Å². The van der Waals surface area contributed by atoms with Crippen LogP contribution in [-0.2, 0) is 4.74 Å². The summed E-state index contributed by atoms with van der Waals surface area (Å²) in [7, 11) is 0. The summed E-state index contributed by atoms with van der Waals surface area (Å²) in [5.74, 6) is 5.75. The van der Waals surface area contributed by atoms with Crippen molar-refractivity contribution in [1.29, 1.82) is 0 Å². The second-order valence-corrected chi connectivity index (χ2v) is 6.54. The summed E-state index contributed by atoms with van der Waals surface area (Å²) in [6.45, 7) is 0. The minimum Gasteiger partial charge on any atom is -0.439 e. The molecule has 1 saturated carbocycles. The van der Waals surface area contributed by atoms with Gasteiger partial charge in [-0.05, 0) is 42.2 Å². The first kappa shape index (κ1) is 16.5. The molecule has 2 heterocycles. The number of hydrogen-bond acceptors (Lipinski definition) is 3. The van der Waals surface area contributed by atoms with Gasteiger partial charge in [0.1, 0.15) is 18.0 Å². The molecule has 6 heteroatoms. The number of alkyl carbamates (subject to hydrolysis) is 1. The largest absolute Gasteiger partial charge is 0.439 e. The van der Waals surface area contributed by atoms with Crippen molar-refractivity contribution < 1.29 is 18.3 Å². The SMILES string of the molecule is O=C1N[C@H](c2cncc(C#CC3CC(F)C3)c2)[C@@H](c2cccc(F)c2)O1. The Morgan fingerprint density at radius 2 is 2.04 bits per heavy atom. The van der Waals surface area contributed by atoms with Gasteiger partial charge in [-0.25, -0.2) is 13.6 Å². The summed E-state index contributed by atoms with van der Waals surface area (Å²) in [4.78, 5) is 15.9. The minimum atomic E-state index is -0.739. The van der Waals surface area contributed by atoms with E-state index in [9.17, 15) is 13.6 Å². The zero-order chi connectivity index (χ0) is 18.1. The van der Waals surface area contributed by atoms with Crippen LogP contribution >= 0.6 is 0 Å². The molecule has 0 radical (unpaired) electrons. The number of rotatable bonds is 2. The lowest BCUT2D eigenvalue weighted by Gasteiger charge is -2.24. The molecule has 2 aliphatic rings. The molecular weight excluding hydrogens is 338 g/mol. The minimum absolute atomic E-state index is 0.0863. The van der Waals surface area contributed by atoms with Crippen LogP contribution in [0.1, 0.15) is 41.7 Å². The maximum atomic E-state index is 13.5. The summed E-state index contributed by atoms with van der Waals surface area (Å²) in [5.41, 5.74) is 1.96. The number of halogens is 2. The van der Waals surface area contributed by atoms with Gasteiger partial charge < -0.3 is 10.1 Å². The summed E-state index contributed by atoms with van der Waals surface area (Å²) in [5, 5.41) is 2.74. The van der Waals surface area contributed by atoms with Gasteiger partial charge in [0.05, 0.1) is 0 Å². The standard InChI is InChI=1S/C20H16F2N2O2/c21-16-3-1-2-14(9-16)19-18(24-20(25)26-19)15-6-13(10-23-11-15)5-4-12-7-17(22)8-12/h1-3,6,9-12,17-19H,7-8H2,(H,24,25)/t12?,17?,18-,19-/m1/s1. The van der Waals surface area contributed by atoms with Crippen LogP contribution in [0.5, 0.6) is 0 Å². The fraction of sp³-hybridized carbons (Fsp3) is 0.300. The molecule has 1 amide bonds. The summed E-state index contributed by atoms with van der Waals surface area (Å²) in [6.07, 6.45) is 2.25. The molecule has 1 aromatic carbocycles. The van der Waals surface area contributed by atoms with Gasteiger partial charge in [-0.1, -0.05) is 24.0 Å². The Balaban J connectivity index is 1.59. The predicted molar refractivity (Wildman–Crippen MR) is 90.2 cm³/mol. The number of carbonyl (C=O) groups excluding carboxylic acids is 1. The smallest absolute Gasteiger partial charge is 0.408 e. The molecule has 1 aromatic heterocycles. The Labute approximate surface area is 149 Å².